The molecule has 0 aromatic heterocycles. The van der Waals surface area contributed by atoms with Crippen molar-refractivity contribution in [3.8, 4) is 0 Å². The van der Waals surface area contributed by atoms with E-state index in [4.69, 9.17) is 0 Å². The molecule has 0 unspecified atom stereocenters. The fraction of sp³-hybridized carbons (Fsp3) is 0.800. The third-order valence-electron chi connectivity index (χ3n) is 1.50. The highest BCUT2D eigenvalue weighted by atomic mass is 32.2. The van der Waals surface area contributed by atoms with Crippen LogP contribution in [0, 0.1) is 0 Å². The Labute approximate surface area is 75.5 Å². The maximum Gasteiger partial charge on any atom is -0.00675 e. The van der Waals surface area contributed by atoms with E-state index in [9.17, 15) is 0 Å². The van der Waals surface area contributed by atoms with Gasteiger partial charge in [-0.05, 0) is 44.6 Å². The Kier molecular flexibility index (Phi) is 8.26. The quantitative estimate of drug-likeness (QED) is 0.433. The van der Waals surface area contributed by atoms with Crippen LogP contribution in [0.25, 0.3) is 0 Å². The van der Waals surface area contributed by atoms with Gasteiger partial charge in [-0.1, -0.05) is 18.6 Å². The fourth-order valence-corrected chi connectivity index (χ4v) is 1.58. The molecule has 0 atom stereocenters. The van der Waals surface area contributed by atoms with Gasteiger partial charge < -0.3 is 0 Å². The van der Waals surface area contributed by atoms with Crippen molar-refractivity contribution < 1.29 is 0 Å². The topological polar surface area (TPSA) is 0 Å². The van der Waals surface area contributed by atoms with E-state index in [0.717, 1.165) is 0 Å². The van der Waals surface area contributed by atoms with Crippen molar-refractivity contribution in [2.75, 3.05) is 11.5 Å². The van der Waals surface area contributed by atoms with Crippen molar-refractivity contribution in [2.24, 2.45) is 0 Å². The van der Waals surface area contributed by atoms with Gasteiger partial charge in [0, 0.05) is 0 Å². The molecule has 11 heavy (non-hydrogen) atoms. The lowest BCUT2D eigenvalue weighted by Gasteiger charge is -1.96. The van der Waals surface area contributed by atoms with Crippen LogP contribution in [0.5, 0.6) is 0 Å². The van der Waals surface area contributed by atoms with Crippen molar-refractivity contribution in [1.82, 2.24) is 0 Å². The third-order valence-corrected chi connectivity index (χ3v) is 2.49. The van der Waals surface area contributed by atoms with Crippen LogP contribution in [0.4, 0.5) is 0 Å². The Morgan fingerprint density at radius 3 is 2.55 bits per heavy atom. The summed E-state index contributed by atoms with van der Waals surface area (Å²) in [6, 6.07) is 0. The number of rotatable bonds is 6. The Balaban J connectivity index is 2.97. The molecule has 0 spiro atoms. The largest absolute Gasteiger partial charge is 0.162 e. The van der Waals surface area contributed by atoms with E-state index in [1.807, 2.05) is 11.8 Å². The minimum absolute atomic E-state index is 1.27. The predicted molar refractivity (Wildman–Crippen MR) is 56.3 cm³/mol. The minimum atomic E-state index is 1.27. The molecular formula is C10H20S. The van der Waals surface area contributed by atoms with Gasteiger partial charge in [-0.3, -0.25) is 0 Å². The zero-order valence-electron chi connectivity index (χ0n) is 8.02. The molecule has 0 saturated carbocycles. The van der Waals surface area contributed by atoms with E-state index in [1.54, 1.807) is 0 Å². The van der Waals surface area contributed by atoms with Crippen LogP contribution < -0.4 is 0 Å². The van der Waals surface area contributed by atoms with Gasteiger partial charge in [0.1, 0.15) is 0 Å². The molecule has 0 radical (unpaired) electrons. The van der Waals surface area contributed by atoms with E-state index >= 15 is 0 Å². The average Bonchev–Trinajstić information content (AvgIpc) is 1.96. The van der Waals surface area contributed by atoms with E-state index in [1.165, 1.54) is 36.3 Å². The summed E-state index contributed by atoms with van der Waals surface area (Å²) in [4.78, 5) is 0. The molecule has 0 aromatic carbocycles. The summed E-state index contributed by atoms with van der Waals surface area (Å²) in [5, 5.41) is 0. The maximum absolute atomic E-state index is 2.33. The van der Waals surface area contributed by atoms with Crippen LogP contribution in [0.15, 0.2) is 11.6 Å². The molecule has 0 aliphatic rings. The van der Waals surface area contributed by atoms with Gasteiger partial charge in [-0.2, -0.15) is 11.8 Å². The first-order valence-corrected chi connectivity index (χ1v) is 5.64. The molecule has 0 nitrogen and oxygen atoms in total. The standard InChI is InChI=1S/C10H20S/c1-4-11-9-7-5-6-8-10(2)3/h8H,4-7,9H2,1-3H3. The highest BCUT2D eigenvalue weighted by Crippen LogP contribution is 2.06. The Bertz CT molecular complexity index is 101. The highest BCUT2D eigenvalue weighted by Gasteiger charge is 1.86. The second-order valence-corrected chi connectivity index (χ2v) is 4.37. The SMILES string of the molecule is CCSCCCCC=C(C)C. The first-order valence-electron chi connectivity index (χ1n) is 4.48. The number of thioether (sulfide) groups is 1. The zero-order valence-corrected chi connectivity index (χ0v) is 8.84. The van der Waals surface area contributed by atoms with Gasteiger partial charge >= 0.3 is 0 Å². The van der Waals surface area contributed by atoms with Gasteiger partial charge in [0.2, 0.25) is 0 Å². The monoisotopic (exact) mass is 172 g/mol. The molecule has 0 rings (SSSR count). The van der Waals surface area contributed by atoms with Gasteiger partial charge in [0.05, 0.1) is 0 Å². The molecule has 0 aliphatic carbocycles. The lowest BCUT2D eigenvalue weighted by Crippen LogP contribution is -1.80. The highest BCUT2D eigenvalue weighted by molar-refractivity contribution is 7.99. The molecule has 0 amide bonds. The molecule has 0 fully saturated rings. The molecule has 66 valence electrons. The first kappa shape index (κ1) is 11.1. The molecule has 0 aliphatic heterocycles. The van der Waals surface area contributed by atoms with Crippen molar-refractivity contribution >= 4 is 11.8 Å². The summed E-state index contributed by atoms with van der Waals surface area (Å²) in [5.74, 6) is 2.61. The zero-order chi connectivity index (χ0) is 8.53. The Morgan fingerprint density at radius 2 is 2.00 bits per heavy atom. The second kappa shape index (κ2) is 8.19. The van der Waals surface area contributed by atoms with Crippen LogP contribution in [0.3, 0.4) is 0 Å². The van der Waals surface area contributed by atoms with Crippen molar-refractivity contribution in [1.29, 1.82) is 0 Å². The molecule has 1 heteroatoms. The lowest BCUT2D eigenvalue weighted by atomic mass is 10.2. The van der Waals surface area contributed by atoms with Gasteiger partial charge in [0.15, 0.2) is 0 Å². The number of unbranched alkanes of at least 4 members (excludes halogenated alkanes) is 2. The van der Waals surface area contributed by atoms with E-state index in [-0.39, 0.29) is 0 Å². The summed E-state index contributed by atoms with van der Waals surface area (Å²) >= 11 is 2.05. The summed E-state index contributed by atoms with van der Waals surface area (Å²) in [6.45, 7) is 6.56. The predicted octanol–water partition coefficient (Wildman–Crippen LogP) is 3.88. The number of hydrogen-bond donors (Lipinski definition) is 0. The van der Waals surface area contributed by atoms with Crippen LogP contribution in [-0.2, 0) is 0 Å². The molecule has 0 saturated heterocycles. The van der Waals surface area contributed by atoms with Crippen LogP contribution in [-0.4, -0.2) is 11.5 Å². The summed E-state index contributed by atoms with van der Waals surface area (Å²) in [5.41, 5.74) is 1.45. The third kappa shape index (κ3) is 10.1. The van der Waals surface area contributed by atoms with Crippen molar-refractivity contribution in [3.05, 3.63) is 11.6 Å². The van der Waals surface area contributed by atoms with E-state index < -0.39 is 0 Å². The van der Waals surface area contributed by atoms with Crippen molar-refractivity contribution in [2.45, 2.75) is 40.0 Å². The maximum atomic E-state index is 2.33. The second-order valence-electron chi connectivity index (χ2n) is 2.97. The van der Waals surface area contributed by atoms with Gasteiger partial charge in [0.25, 0.3) is 0 Å². The first-order chi connectivity index (χ1) is 5.27. The molecule has 0 N–H and O–H groups in total. The Morgan fingerprint density at radius 1 is 1.27 bits per heavy atom. The smallest absolute Gasteiger partial charge is 0.00675 e. The van der Waals surface area contributed by atoms with Crippen molar-refractivity contribution in [3.63, 3.8) is 0 Å². The fourth-order valence-electron chi connectivity index (χ4n) is 0.884. The lowest BCUT2D eigenvalue weighted by molar-refractivity contribution is 0.819. The summed E-state index contributed by atoms with van der Waals surface area (Å²) in [7, 11) is 0. The van der Waals surface area contributed by atoms with Crippen LogP contribution >= 0.6 is 11.8 Å². The van der Waals surface area contributed by atoms with Gasteiger partial charge in [-0.15, -0.1) is 0 Å². The van der Waals surface area contributed by atoms with E-state index in [0.29, 0.717) is 0 Å². The van der Waals surface area contributed by atoms with Crippen LogP contribution in [0.2, 0.25) is 0 Å². The van der Waals surface area contributed by atoms with Gasteiger partial charge in [-0.25, -0.2) is 0 Å². The average molecular weight is 172 g/mol. The molecule has 0 bridgehead atoms. The summed E-state index contributed by atoms with van der Waals surface area (Å²) < 4.78 is 0. The normalized spacial score (nSPS) is 9.73. The van der Waals surface area contributed by atoms with E-state index in [2.05, 4.69) is 26.8 Å². The minimum Gasteiger partial charge on any atom is -0.162 e. The molecule has 0 heterocycles. The van der Waals surface area contributed by atoms with Crippen LogP contribution in [0.1, 0.15) is 40.0 Å². The molecule has 0 aromatic rings. The summed E-state index contributed by atoms with van der Waals surface area (Å²) in [6.07, 6.45) is 6.34. The number of hydrogen-bond acceptors (Lipinski definition) is 1. The molecular weight excluding hydrogens is 152 g/mol. The Hall–Kier alpha value is 0.0900. The number of allylic oxidation sites excluding steroid dienone is 2.